The number of halogens is 1. The van der Waals surface area contributed by atoms with Gasteiger partial charge in [-0.15, -0.1) is 0 Å². The Kier molecular flexibility index (Phi) is 6.39. The first-order valence-electron chi connectivity index (χ1n) is 6.55. The highest BCUT2D eigenvalue weighted by molar-refractivity contribution is 7.46. The molecular formula is C13H16ClN4O2P. The average Bonchev–Trinajstić information content (AvgIpc) is 2.49. The SMILES string of the molecule is CCOP(Cc1ncc(-c2nccnc2Cl)cn1)OCC. The quantitative estimate of drug-likeness (QED) is 0.726. The topological polar surface area (TPSA) is 70.0 Å². The molecule has 0 saturated carbocycles. The monoisotopic (exact) mass is 326 g/mol. The van der Waals surface area contributed by atoms with Gasteiger partial charge in [0.15, 0.2) is 13.5 Å². The predicted molar refractivity (Wildman–Crippen MR) is 81.9 cm³/mol. The summed E-state index contributed by atoms with van der Waals surface area (Å²) in [6.45, 7) is 5.10. The zero-order valence-electron chi connectivity index (χ0n) is 11.9. The normalized spacial score (nSPS) is 11.0. The van der Waals surface area contributed by atoms with E-state index in [0.29, 0.717) is 36.0 Å². The molecule has 6 nitrogen and oxygen atoms in total. The van der Waals surface area contributed by atoms with Crippen LogP contribution in [0.5, 0.6) is 0 Å². The molecule has 0 aliphatic rings. The zero-order chi connectivity index (χ0) is 15.1. The Labute approximate surface area is 129 Å². The highest BCUT2D eigenvalue weighted by Crippen LogP contribution is 2.41. The van der Waals surface area contributed by atoms with Gasteiger partial charge in [0.25, 0.3) is 0 Å². The van der Waals surface area contributed by atoms with E-state index < -0.39 is 8.38 Å². The minimum Gasteiger partial charge on any atom is -0.334 e. The molecule has 0 aliphatic carbocycles. The van der Waals surface area contributed by atoms with Crippen molar-refractivity contribution in [1.29, 1.82) is 0 Å². The lowest BCUT2D eigenvalue weighted by atomic mass is 10.2. The lowest BCUT2D eigenvalue weighted by Crippen LogP contribution is -1.99. The summed E-state index contributed by atoms with van der Waals surface area (Å²) in [5, 5.41) is 0.333. The molecular weight excluding hydrogens is 311 g/mol. The van der Waals surface area contributed by atoms with Crippen LogP contribution in [0.15, 0.2) is 24.8 Å². The van der Waals surface area contributed by atoms with E-state index in [4.69, 9.17) is 20.6 Å². The summed E-state index contributed by atoms with van der Waals surface area (Å²) in [7, 11) is -0.986. The zero-order valence-corrected chi connectivity index (χ0v) is 13.5. The maximum atomic E-state index is 6.00. The van der Waals surface area contributed by atoms with Crippen molar-refractivity contribution in [2.24, 2.45) is 0 Å². The highest BCUT2D eigenvalue weighted by atomic mass is 35.5. The van der Waals surface area contributed by atoms with Crippen molar-refractivity contribution < 1.29 is 9.05 Å². The van der Waals surface area contributed by atoms with Crippen molar-refractivity contribution in [2.45, 2.75) is 20.0 Å². The Morgan fingerprint density at radius 3 is 2.19 bits per heavy atom. The fourth-order valence-electron chi connectivity index (χ4n) is 1.61. The Hall–Kier alpha value is -1.20. The molecule has 0 aromatic carbocycles. The van der Waals surface area contributed by atoms with E-state index in [1.165, 1.54) is 0 Å². The lowest BCUT2D eigenvalue weighted by molar-refractivity contribution is 0.268. The first-order valence-corrected chi connectivity index (χ1v) is 8.29. The van der Waals surface area contributed by atoms with E-state index in [2.05, 4.69) is 19.9 Å². The lowest BCUT2D eigenvalue weighted by Gasteiger charge is -2.14. The Balaban J connectivity index is 2.10. The molecule has 2 heterocycles. The molecule has 0 amide bonds. The molecule has 0 unspecified atom stereocenters. The van der Waals surface area contributed by atoms with Crippen molar-refractivity contribution in [3.05, 3.63) is 35.8 Å². The van der Waals surface area contributed by atoms with Crippen LogP contribution in [-0.2, 0) is 15.2 Å². The number of rotatable bonds is 7. The van der Waals surface area contributed by atoms with Gasteiger partial charge in [-0.3, -0.25) is 4.98 Å². The van der Waals surface area contributed by atoms with Crippen molar-refractivity contribution in [1.82, 2.24) is 19.9 Å². The second kappa shape index (κ2) is 8.29. The second-order valence-electron chi connectivity index (χ2n) is 3.91. The molecule has 2 aromatic rings. The van der Waals surface area contributed by atoms with E-state index in [-0.39, 0.29) is 0 Å². The van der Waals surface area contributed by atoms with Gasteiger partial charge in [-0.25, -0.2) is 15.0 Å². The van der Waals surface area contributed by atoms with E-state index in [1.54, 1.807) is 24.8 Å². The average molecular weight is 327 g/mol. The van der Waals surface area contributed by atoms with Crippen LogP contribution in [-0.4, -0.2) is 33.1 Å². The molecule has 0 spiro atoms. The molecule has 0 saturated heterocycles. The van der Waals surface area contributed by atoms with Gasteiger partial charge in [0, 0.05) is 30.4 Å². The van der Waals surface area contributed by atoms with Gasteiger partial charge in [0.05, 0.1) is 19.4 Å². The van der Waals surface area contributed by atoms with Crippen LogP contribution in [0.25, 0.3) is 11.3 Å². The molecule has 8 heteroatoms. The van der Waals surface area contributed by atoms with E-state index >= 15 is 0 Å². The van der Waals surface area contributed by atoms with Crippen LogP contribution in [0.2, 0.25) is 5.15 Å². The van der Waals surface area contributed by atoms with Crippen molar-refractivity contribution >= 4 is 20.0 Å². The van der Waals surface area contributed by atoms with Gasteiger partial charge in [0.1, 0.15) is 11.5 Å². The standard InChI is InChI=1S/C13H16ClN4O2P/c1-3-19-21(20-4-2)9-11-17-7-10(8-18-11)12-13(14)16-6-5-15-12/h5-8H,3-4,9H2,1-2H3. The fraction of sp³-hybridized carbons (Fsp3) is 0.385. The van der Waals surface area contributed by atoms with Crippen molar-refractivity contribution in [3.63, 3.8) is 0 Å². The second-order valence-corrected chi connectivity index (χ2v) is 5.77. The van der Waals surface area contributed by atoms with E-state index in [1.807, 2.05) is 13.8 Å². The highest BCUT2D eigenvalue weighted by Gasteiger charge is 2.13. The van der Waals surface area contributed by atoms with E-state index in [0.717, 1.165) is 5.56 Å². The number of hydrogen-bond donors (Lipinski definition) is 0. The summed E-state index contributed by atoms with van der Waals surface area (Å²) in [6, 6.07) is 0. The first-order chi connectivity index (χ1) is 10.2. The predicted octanol–water partition coefficient (Wildman–Crippen LogP) is 3.47. The van der Waals surface area contributed by atoms with Gasteiger partial charge in [-0.05, 0) is 13.8 Å². The van der Waals surface area contributed by atoms with Gasteiger partial charge in [-0.1, -0.05) is 11.6 Å². The number of hydrogen-bond acceptors (Lipinski definition) is 6. The van der Waals surface area contributed by atoms with Crippen LogP contribution < -0.4 is 0 Å². The Morgan fingerprint density at radius 1 is 1.00 bits per heavy atom. The van der Waals surface area contributed by atoms with Crippen LogP contribution in [0.4, 0.5) is 0 Å². The Bertz CT molecular complexity index is 564. The largest absolute Gasteiger partial charge is 0.334 e. The molecule has 0 atom stereocenters. The molecule has 0 aliphatic heterocycles. The third-order valence-corrected chi connectivity index (χ3v) is 4.36. The smallest absolute Gasteiger partial charge is 0.178 e. The van der Waals surface area contributed by atoms with Gasteiger partial charge in [-0.2, -0.15) is 0 Å². The maximum Gasteiger partial charge on any atom is 0.178 e. The minimum atomic E-state index is -0.986. The molecule has 0 N–H and O–H groups in total. The first kappa shape index (κ1) is 16.2. The summed E-state index contributed by atoms with van der Waals surface area (Å²) < 4.78 is 11.1. The van der Waals surface area contributed by atoms with Crippen molar-refractivity contribution in [2.75, 3.05) is 13.2 Å². The summed E-state index contributed by atoms with van der Waals surface area (Å²) in [4.78, 5) is 16.8. The fourth-order valence-corrected chi connectivity index (χ4v) is 3.05. The summed E-state index contributed by atoms with van der Waals surface area (Å²) in [5.41, 5.74) is 1.30. The molecule has 112 valence electrons. The van der Waals surface area contributed by atoms with Crippen LogP contribution in [0.1, 0.15) is 19.7 Å². The third kappa shape index (κ3) is 4.64. The van der Waals surface area contributed by atoms with E-state index in [9.17, 15) is 0 Å². The molecule has 21 heavy (non-hydrogen) atoms. The summed E-state index contributed by atoms with van der Waals surface area (Å²) >= 11 is 6.00. The molecule has 0 radical (unpaired) electrons. The van der Waals surface area contributed by atoms with Crippen LogP contribution >= 0.6 is 20.0 Å². The van der Waals surface area contributed by atoms with Crippen LogP contribution in [0, 0.1) is 0 Å². The number of nitrogens with zero attached hydrogens (tertiary/aromatic N) is 4. The maximum absolute atomic E-state index is 6.00. The van der Waals surface area contributed by atoms with Crippen molar-refractivity contribution in [3.8, 4) is 11.3 Å². The van der Waals surface area contributed by atoms with Gasteiger partial charge >= 0.3 is 0 Å². The van der Waals surface area contributed by atoms with Gasteiger partial charge < -0.3 is 9.05 Å². The summed E-state index contributed by atoms with van der Waals surface area (Å²) in [5.74, 6) is 0.673. The molecule has 0 fully saturated rings. The molecule has 2 aromatic heterocycles. The summed E-state index contributed by atoms with van der Waals surface area (Å²) in [6.07, 6.45) is 7.05. The third-order valence-electron chi connectivity index (χ3n) is 2.45. The van der Waals surface area contributed by atoms with Crippen LogP contribution in [0.3, 0.4) is 0 Å². The molecule has 0 bridgehead atoms. The number of aromatic nitrogens is 4. The Morgan fingerprint density at radius 2 is 1.62 bits per heavy atom. The molecule has 2 rings (SSSR count). The van der Waals surface area contributed by atoms with Gasteiger partial charge in [0.2, 0.25) is 0 Å². The minimum absolute atomic E-state index is 0.333.